The Labute approximate surface area is 124 Å². The molecule has 112 valence electrons. The molecule has 0 aliphatic heterocycles. The van der Waals surface area contributed by atoms with Crippen molar-refractivity contribution in [3.05, 3.63) is 11.1 Å². The number of carbonyl (C=O) groups excluding carboxylic acids is 1. The molecule has 0 spiro atoms. The zero-order valence-electron chi connectivity index (χ0n) is 12.4. The fraction of sp³-hybridized carbons (Fsp3) is 0.733. The van der Waals surface area contributed by atoms with Crippen molar-refractivity contribution >= 4 is 22.4 Å². The summed E-state index contributed by atoms with van der Waals surface area (Å²) in [5.74, 6) is 1.52. The molecular weight excluding hydrogens is 272 g/mol. The third-order valence-corrected chi connectivity index (χ3v) is 4.64. The van der Waals surface area contributed by atoms with Gasteiger partial charge in [0, 0.05) is 18.3 Å². The predicted molar refractivity (Wildman–Crippen MR) is 82.1 cm³/mol. The molecule has 4 nitrogen and oxygen atoms in total. The number of aryl methyl sites for hydroxylation is 1. The van der Waals surface area contributed by atoms with Crippen LogP contribution in [0.5, 0.6) is 0 Å². The second kappa shape index (κ2) is 7.62. The summed E-state index contributed by atoms with van der Waals surface area (Å²) >= 11 is 1.62. The van der Waals surface area contributed by atoms with Gasteiger partial charge in [-0.05, 0) is 31.6 Å². The fourth-order valence-electron chi connectivity index (χ4n) is 2.71. The first-order chi connectivity index (χ1) is 9.67. The largest absolute Gasteiger partial charge is 0.466 e. The smallest absolute Gasteiger partial charge is 0.306 e. The van der Waals surface area contributed by atoms with E-state index in [9.17, 15) is 4.79 Å². The molecule has 0 aromatic carbocycles. The summed E-state index contributed by atoms with van der Waals surface area (Å²) in [6.07, 6.45) is 5.09. The van der Waals surface area contributed by atoms with E-state index in [1.165, 1.54) is 19.3 Å². The number of hydrogen-bond acceptors (Lipinski definition) is 5. The lowest BCUT2D eigenvalue weighted by molar-refractivity contribution is -0.143. The van der Waals surface area contributed by atoms with Crippen molar-refractivity contribution in [3.63, 3.8) is 0 Å². The Kier molecular flexibility index (Phi) is 5.83. The molecule has 2 unspecified atom stereocenters. The number of nitrogens with zero attached hydrogens (tertiary/aromatic N) is 1. The Hall–Kier alpha value is -1.10. The van der Waals surface area contributed by atoms with Crippen LogP contribution in [0, 0.1) is 11.8 Å². The van der Waals surface area contributed by atoms with Crippen molar-refractivity contribution in [1.29, 1.82) is 0 Å². The van der Waals surface area contributed by atoms with Gasteiger partial charge in [-0.2, -0.15) is 0 Å². The van der Waals surface area contributed by atoms with E-state index in [1.54, 1.807) is 11.3 Å². The van der Waals surface area contributed by atoms with E-state index < -0.39 is 0 Å². The first-order valence-electron chi connectivity index (χ1n) is 7.51. The minimum Gasteiger partial charge on any atom is -0.466 e. The Morgan fingerprint density at radius 3 is 3.10 bits per heavy atom. The molecule has 0 saturated heterocycles. The van der Waals surface area contributed by atoms with Gasteiger partial charge in [0.2, 0.25) is 0 Å². The molecule has 0 radical (unpaired) electrons. The van der Waals surface area contributed by atoms with Crippen LogP contribution < -0.4 is 5.32 Å². The van der Waals surface area contributed by atoms with E-state index >= 15 is 0 Å². The lowest BCUT2D eigenvalue weighted by Crippen LogP contribution is -2.11. The molecule has 1 aliphatic rings. The van der Waals surface area contributed by atoms with Crippen molar-refractivity contribution in [3.8, 4) is 0 Å². The lowest BCUT2D eigenvalue weighted by atomic mass is 10.1. The van der Waals surface area contributed by atoms with E-state index in [4.69, 9.17) is 4.74 Å². The minimum atomic E-state index is -0.144. The van der Waals surface area contributed by atoms with Gasteiger partial charge in [0.05, 0.1) is 18.7 Å². The quantitative estimate of drug-likeness (QED) is 0.783. The van der Waals surface area contributed by atoms with Gasteiger partial charge >= 0.3 is 5.97 Å². The summed E-state index contributed by atoms with van der Waals surface area (Å²) in [6.45, 7) is 5.63. The number of esters is 1. The van der Waals surface area contributed by atoms with Crippen LogP contribution >= 0.6 is 11.3 Å². The molecule has 1 heterocycles. The molecule has 2 rings (SSSR count). The SMILES string of the molecule is CCOC(=O)CCc1csc(NCC2CCC(C)C2)n1. The third-order valence-electron chi connectivity index (χ3n) is 3.79. The van der Waals surface area contributed by atoms with Gasteiger partial charge in [-0.25, -0.2) is 4.98 Å². The van der Waals surface area contributed by atoms with Crippen LogP contribution in [0.25, 0.3) is 0 Å². The molecule has 1 N–H and O–H groups in total. The van der Waals surface area contributed by atoms with Crippen LogP contribution in [-0.4, -0.2) is 24.1 Å². The number of anilines is 1. The Bertz CT molecular complexity index is 433. The van der Waals surface area contributed by atoms with E-state index in [0.717, 1.165) is 29.2 Å². The summed E-state index contributed by atoms with van der Waals surface area (Å²) in [4.78, 5) is 15.8. The van der Waals surface area contributed by atoms with Crippen LogP contribution in [0.4, 0.5) is 5.13 Å². The second-order valence-corrected chi connectivity index (χ2v) is 6.47. The van der Waals surface area contributed by atoms with Crippen LogP contribution in [0.3, 0.4) is 0 Å². The molecular formula is C15H24N2O2S. The molecule has 1 aromatic heterocycles. The number of rotatable bonds is 7. The number of aromatic nitrogens is 1. The minimum absolute atomic E-state index is 0.144. The molecule has 0 bridgehead atoms. The monoisotopic (exact) mass is 296 g/mol. The Morgan fingerprint density at radius 2 is 2.40 bits per heavy atom. The molecule has 1 aliphatic carbocycles. The van der Waals surface area contributed by atoms with Crippen molar-refractivity contribution in [1.82, 2.24) is 4.98 Å². The zero-order valence-corrected chi connectivity index (χ0v) is 13.2. The van der Waals surface area contributed by atoms with Gasteiger partial charge in [-0.1, -0.05) is 13.3 Å². The van der Waals surface area contributed by atoms with Crippen molar-refractivity contribution in [2.75, 3.05) is 18.5 Å². The summed E-state index contributed by atoms with van der Waals surface area (Å²) in [5, 5.41) is 6.43. The molecule has 5 heteroatoms. The van der Waals surface area contributed by atoms with Gasteiger partial charge in [0.15, 0.2) is 5.13 Å². The first-order valence-corrected chi connectivity index (χ1v) is 8.39. The van der Waals surface area contributed by atoms with E-state index in [1.807, 2.05) is 12.3 Å². The average Bonchev–Trinajstić information content (AvgIpc) is 3.03. The van der Waals surface area contributed by atoms with Crippen LogP contribution in [-0.2, 0) is 16.0 Å². The number of hydrogen-bond donors (Lipinski definition) is 1. The fourth-order valence-corrected chi connectivity index (χ4v) is 3.46. The third kappa shape index (κ3) is 4.78. The number of nitrogens with one attached hydrogen (secondary N) is 1. The highest BCUT2D eigenvalue weighted by atomic mass is 32.1. The Morgan fingerprint density at radius 1 is 1.55 bits per heavy atom. The first kappa shape index (κ1) is 15.3. The van der Waals surface area contributed by atoms with Crippen LogP contribution in [0.15, 0.2) is 5.38 Å². The van der Waals surface area contributed by atoms with Gasteiger partial charge in [0.25, 0.3) is 0 Å². The molecule has 20 heavy (non-hydrogen) atoms. The number of carbonyl (C=O) groups is 1. The standard InChI is InChI=1S/C15H24N2O2S/c1-3-19-14(18)7-6-13-10-20-15(17-13)16-9-12-5-4-11(2)8-12/h10-12H,3-9H2,1-2H3,(H,16,17). The maximum atomic E-state index is 11.3. The molecule has 1 saturated carbocycles. The van der Waals surface area contributed by atoms with Crippen LogP contribution in [0.1, 0.15) is 45.2 Å². The van der Waals surface area contributed by atoms with Crippen molar-refractivity contribution in [2.45, 2.75) is 46.0 Å². The predicted octanol–water partition coefficient (Wildman–Crippen LogP) is 3.49. The number of thiazole rings is 1. The van der Waals surface area contributed by atoms with Crippen LogP contribution in [0.2, 0.25) is 0 Å². The summed E-state index contributed by atoms with van der Waals surface area (Å²) in [5.41, 5.74) is 0.977. The molecule has 2 atom stereocenters. The van der Waals surface area contributed by atoms with Gasteiger partial charge < -0.3 is 10.1 Å². The van der Waals surface area contributed by atoms with E-state index in [-0.39, 0.29) is 5.97 Å². The Balaban J connectivity index is 1.70. The maximum absolute atomic E-state index is 11.3. The highest BCUT2D eigenvalue weighted by Gasteiger charge is 2.21. The van der Waals surface area contributed by atoms with E-state index in [2.05, 4.69) is 17.2 Å². The molecule has 1 fully saturated rings. The molecule has 0 amide bonds. The van der Waals surface area contributed by atoms with Gasteiger partial charge in [-0.3, -0.25) is 4.79 Å². The summed E-state index contributed by atoms with van der Waals surface area (Å²) in [7, 11) is 0. The van der Waals surface area contributed by atoms with Crippen molar-refractivity contribution < 1.29 is 9.53 Å². The van der Waals surface area contributed by atoms with E-state index in [0.29, 0.717) is 19.4 Å². The van der Waals surface area contributed by atoms with Crippen molar-refractivity contribution in [2.24, 2.45) is 11.8 Å². The van der Waals surface area contributed by atoms with Gasteiger partial charge in [-0.15, -0.1) is 11.3 Å². The number of ether oxygens (including phenoxy) is 1. The zero-order chi connectivity index (χ0) is 14.4. The highest BCUT2D eigenvalue weighted by Crippen LogP contribution is 2.30. The summed E-state index contributed by atoms with van der Waals surface area (Å²) < 4.78 is 4.92. The second-order valence-electron chi connectivity index (χ2n) is 5.61. The van der Waals surface area contributed by atoms with Gasteiger partial charge in [0.1, 0.15) is 0 Å². The lowest BCUT2D eigenvalue weighted by Gasteiger charge is -2.09. The normalized spacial score (nSPS) is 21.9. The summed E-state index contributed by atoms with van der Waals surface area (Å²) in [6, 6.07) is 0. The average molecular weight is 296 g/mol. The highest BCUT2D eigenvalue weighted by molar-refractivity contribution is 7.13. The topological polar surface area (TPSA) is 51.2 Å². The molecule has 1 aromatic rings. The maximum Gasteiger partial charge on any atom is 0.306 e.